The van der Waals surface area contributed by atoms with Crippen LogP contribution < -0.4 is 5.43 Å². The van der Waals surface area contributed by atoms with Gasteiger partial charge in [0.05, 0.1) is 27.2 Å². The van der Waals surface area contributed by atoms with Crippen molar-refractivity contribution in [2.45, 2.75) is 26.3 Å². The molecule has 0 spiro atoms. The standard InChI is InChI=1S/C21H20ClN3O2/c1-21(2,3)25(24-19(26)15-10-4-5-12-17(15)22)20(27)16-11-6-8-14-9-7-13-23-18(14)16/h4-13H,1-3H3,(H,24,26). The van der Waals surface area contributed by atoms with E-state index in [0.29, 0.717) is 21.7 Å². The van der Waals surface area contributed by atoms with E-state index < -0.39 is 11.4 Å². The van der Waals surface area contributed by atoms with Gasteiger partial charge in [-0.1, -0.05) is 41.9 Å². The summed E-state index contributed by atoms with van der Waals surface area (Å²) in [5, 5.41) is 2.50. The summed E-state index contributed by atoms with van der Waals surface area (Å²) < 4.78 is 0. The lowest BCUT2D eigenvalue weighted by molar-refractivity contribution is 0.0360. The number of pyridine rings is 1. The van der Waals surface area contributed by atoms with Crippen molar-refractivity contribution in [2.24, 2.45) is 0 Å². The molecule has 27 heavy (non-hydrogen) atoms. The second-order valence-electron chi connectivity index (χ2n) is 7.11. The van der Waals surface area contributed by atoms with Crippen molar-refractivity contribution < 1.29 is 9.59 Å². The van der Waals surface area contributed by atoms with Gasteiger partial charge in [0.15, 0.2) is 0 Å². The number of hydrogen-bond acceptors (Lipinski definition) is 3. The molecule has 5 nitrogen and oxygen atoms in total. The highest BCUT2D eigenvalue weighted by molar-refractivity contribution is 6.33. The largest absolute Gasteiger partial charge is 0.274 e. The lowest BCUT2D eigenvalue weighted by Gasteiger charge is -2.35. The molecule has 0 unspecified atom stereocenters. The lowest BCUT2D eigenvalue weighted by atomic mass is 10.0. The van der Waals surface area contributed by atoms with E-state index in [2.05, 4.69) is 10.4 Å². The number of nitrogens with zero attached hydrogens (tertiary/aromatic N) is 2. The molecule has 2 aromatic carbocycles. The lowest BCUT2D eigenvalue weighted by Crippen LogP contribution is -2.56. The number of para-hydroxylation sites is 1. The normalized spacial score (nSPS) is 11.3. The van der Waals surface area contributed by atoms with E-state index in [0.717, 1.165) is 5.39 Å². The van der Waals surface area contributed by atoms with Crippen LogP contribution in [0.3, 0.4) is 0 Å². The summed E-state index contributed by atoms with van der Waals surface area (Å²) in [6.45, 7) is 5.53. The van der Waals surface area contributed by atoms with Crippen LogP contribution in [-0.2, 0) is 0 Å². The summed E-state index contributed by atoms with van der Waals surface area (Å²) >= 11 is 6.12. The fraction of sp³-hybridized carbons (Fsp3) is 0.190. The van der Waals surface area contributed by atoms with Crippen molar-refractivity contribution >= 4 is 34.3 Å². The Balaban J connectivity index is 1.99. The number of nitrogens with one attached hydrogen (secondary N) is 1. The molecule has 1 aromatic heterocycles. The zero-order valence-corrected chi connectivity index (χ0v) is 16.1. The topological polar surface area (TPSA) is 62.3 Å². The van der Waals surface area contributed by atoms with Crippen LogP contribution in [0.4, 0.5) is 0 Å². The number of carbonyl (C=O) groups is 2. The maximum atomic E-state index is 13.3. The fourth-order valence-electron chi connectivity index (χ4n) is 2.73. The van der Waals surface area contributed by atoms with Gasteiger partial charge in [-0.25, -0.2) is 5.01 Å². The Morgan fingerprint density at radius 3 is 2.33 bits per heavy atom. The molecule has 2 amide bonds. The number of amides is 2. The highest BCUT2D eigenvalue weighted by Gasteiger charge is 2.31. The first kappa shape index (κ1) is 18.9. The van der Waals surface area contributed by atoms with Crippen molar-refractivity contribution in [3.63, 3.8) is 0 Å². The Bertz CT molecular complexity index is 1010. The second-order valence-corrected chi connectivity index (χ2v) is 7.52. The van der Waals surface area contributed by atoms with Crippen LogP contribution in [0.2, 0.25) is 5.02 Å². The number of benzene rings is 2. The number of carbonyl (C=O) groups excluding carboxylic acids is 2. The van der Waals surface area contributed by atoms with Crippen LogP contribution in [0.5, 0.6) is 0 Å². The molecule has 0 atom stereocenters. The molecule has 6 heteroatoms. The SMILES string of the molecule is CC(C)(C)N(NC(=O)c1ccccc1Cl)C(=O)c1cccc2cccnc12. The van der Waals surface area contributed by atoms with Gasteiger partial charge in [0.1, 0.15) is 0 Å². The molecule has 0 aliphatic carbocycles. The molecule has 0 radical (unpaired) electrons. The maximum absolute atomic E-state index is 13.3. The van der Waals surface area contributed by atoms with Gasteiger partial charge in [0, 0.05) is 11.6 Å². The first-order valence-corrected chi connectivity index (χ1v) is 8.90. The summed E-state index contributed by atoms with van der Waals surface area (Å²) in [5.74, 6) is -0.788. The highest BCUT2D eigenvalue weighted by Crippen LogP contribution is 2.22. The number of fused-ring (bicyclic) bond motifs is 1. The number of hydrazine groups is 1. The number of halogens is 1. The summed E-state index contributed by atoms with van der Waals surface area (Å²) in [6, 6.07) is 15.8. The van der Waals surface area contributed by atoms with E-state index in [1.165, 1.54) is 5.01 Å². The molecule has 0 fully saturated rings. The number of hydrogen-bond donors (Lipinski definition) is 1. The smallest absolute Gasteiger partial charge is 0.267 e. The van der Waals surface area contributed by atoms with Gasteiger partial charge >= 0.3 is 0 Å². The third kappa shape index (κ3) is 3.93. The summed E-state index contributed by atoms with van der Waals surface area (Å²) in [7, 11) is 0. The van der Waals surface area contributed by atoms with E-state index in [-0.39, 0.29) is 5.91 Å². The van der Waals surface area contributed by atoms with Gasteiger partial charge in [-0.3, -0.25) is 20.0 Å². The molecule has 138 valence electrons. The Labute approximate surface area is 162 Å². The Morgan fingerprint density at radius 2 is 1.63 bits per heavy atom. The number of aromatic nitrogens is 1. The molecule has 3 rings (SSSR count). The molecular weight excluding hydrogens is 362 g/mol. The van der Waals surface area contributed by atoms with Crippen LogP contribution in [0.25, 0.3) is 10.9 Å². The Kier molecular flexibility index (Phi) is 5.15. The van der Waals surface area contributed by atoms with Gasteiger partial charge in [-0.2, -0.15) is 0 Å². The third-order valence-electron chi connectivity index (χ3n) is 4.07. The van der Waals surface area contributed by atoms with E-state index in [1.54, 1.807) is 42.6 Å². The van der Waals surface area contributed by atoms with Crippen molar-refractivity contribution in [3.8, 4) is 0 Å². The van der Waals surface area contributed by atoms with Crippen molar-refractivity contribution in [2.75, 3.05) is 0 Å². The van der Waals surface area contributed by atoms with E-state index >= 15 is 0 Å². The maximum Gasteiger partial charge on any atom is 0.274 e. The molecule has 1 N–H and O–H groups in total. The monoisotopic (exact) mass is 381 g/mol. The van der Waals surface area contributed by atoms with E-state index in [9.17, 15) is 9.59 Å². The predicted octanol–water partition coefficient (Wildman–Crippen LogP) is 4.47. The van der Waals surface area contributed by atoms with Crippen LogP contribution in [0.1, 0.15) is 41.5 Å². The Hall–Kier alpha value is -2.92. The summed E-state index contributed by atoms with van der Waals surface area (Å²) in [5.41, 5.74) is 3.36. The molecule has 0 saturated heterocycles. The van der Waals surface area contributed by atoms with Crippen LogP contribution >= 0.6 is 11.6 Å². The van der Waals surface area contributed by atoms with Crippen LogP contribution in [0.15, 0.2) is 60.8 Å². The molecule has 0 saturated carbocycles. The van der Waals surface area contributed by atoms with Gasteiger partial charge < -0.3 is 0 Å². The first-order chi connectivity index (χ1) is 12.8. The zero-order valence-electron chi connectivity index (χ0n) is 15.4. The average molecular weight is 382 g/mol. The zero-order chi connectivity index (χ0) is 19.6. The van der Waals surface area contributed by atoms with Crippen LogP contribution in [0, 0.1) is 0 Å². The minimum absolute atomic E-state index is 0.303. The third-order valence-corrected chi connectivity index (χ3v) is 4.40. The van der Waals surface area contributed by atoms with Gasteiger partial charge in [0.25, 0.3) is 11.8 Å². The summed E-state index contributed by atoms with van der Waals surface area (Å²) in [6.07, 6.45) is 1.64. The van der Waals surface area contributed by atoms with Crippen molar-refractivity contribution in [3.05, 3.63) is 76.9 Å². The first-order valence-electron chi connectivity index (χ1n) is 8.53. The quantitative estimate of drug-likeness (QED) is 0.666. The van der Waals surface area contributed by atoms with Crippen molar-refractivity contribution in [1.82, 2.24) is 15.4 Å². The van der Waals surface area contributed by atoms with Gasteiger partial charge in [-0.15, -0.1) is 0 Å². The van der Waals surface area contributed by atoms with Gasteiger partial charge in [-0.05, 0) is 45.0 Å². The molecule has 0 bridgehead atoms. The molecule has 0 aliphatic heterocycles. The highest BCUT2D eigenvalue weighted by atomic mass is 35.5. The fourth-order valence-corrected chi connectivity index (χ4v) is 2.95. The molecular formula is C21H20ClN3O2. The second kappa shape index (κ2) is 7.37. The predicted molar refractivity (Wildman–Crippen MR) is 107 cm³/mol. The summed E-state index contributed by atoms with van der Waals surface area (Å²) in [4.78, 5) is 30.3. The Morgan fingerprint density at radius 1 is 0.963 bits per heavy atom. The van der Waals surface area contributed by atoms with Crippen molar-refractivity contribution in [1.29, 1.82) is 0 Å². The number of rotatable bonds is 2. The average Bonchev–Trinajstić information content (AvgIpc) is 2.64. The van der Waals surface area contributed by atoms with E-state index in [1.807, 2.05) is 39.0 Å². The molecule has 1 heterocycles. The van der Waals surface area contributed by atoms with Crippen LogP contribution in [-0.4, -0.2) is 27.3 Å². The van der Waals surface area contributed by atoms with E-state index in [4.69, 9.17) is 11.6 Å². The van der Waals surface area contributed by atoms with Gasteiger partial charge in [0.2, 0.25) is 0 Å². The minimum Gasteiger partial charge on any atom is -0.267 e. The minimum atomic E-state index is -0.662. The molecule has 0 aliphatic rings. The molecule has 3 aromatic rings.